The predicted octanol–water partition coefficient (Wildman–Crippen LogP) is 0.564. The topological polar surface area (TPSA) is 92.0 Å². The van der Waals surface area contributed by atoms with Crippen LogP contribution in [0.3, 0.4) is 0 Å². The van der Waals surface area contributed by atoms with Gasteiger partial charge in [0.05, 0.1) is 18.1 Å². The summed E-state index contributed by atoms with van der Waals surface area (Å²) in [6, 6.07) is 3.16. The first-order valence-electron chi connectivity index (χ1n) is 7.62. The standard InChI is InChI=1S/C14H19N5O4/c20-14(18-7-9-23-10-8-18)17-5-3-16(4-6-17)13-2-1-12(11-15-13)19(21)22/h1-2,11H,3-10H2. The number of aromatic nitrogens is 1. The van der Waals surface area contributed by atoms with Crippen LogP contribution in [0.4, 0.5) is 16.3 Å². The van der Waals surface area contributed by atoms with E-state index in [0.29, 0.717) is 58.3 Å². The molecule has 23 heavy (non-hydrogen) atoms. The number of urea groups is 1. The van der Waals surface area contributed by atoms with Crippen molar-refractivity contribution in [3.8, 4) is 0 Å². The maximum atomic E-state index is 12.4. The number of pyridine rings is 1. The van der Waals surface area contributed by atoms with Crippen LogP contribution >= 0.6 is 0 Å². The maximum Gasteiger partial charge on any atom is 0.320 e. The molecule has 2 saturated heterocycles. The third-order valence-electron chi connectivity index (χ3n) is 4.10. The lowest BCUT2D eigenvalue weighted by Gasteiger charge is -2.38. The van der Waals surface area contributed by atoms with Gasteiger partial charge < -0.3 is 19.4 Å². The number of carbonyl (C=O) groups excluding carboxylic acids is 1. The minimum absolute atomic E-state index is 0.0186. The molecule has 3 rings (SSSR count). The second-order valence-corrected chi connectivity index (χ2v) is 5.49. The number of nitrogens with zero attached hydrogens (tertiary/aromatic N) is 5. The van der Waals surface area contributed by atoms with Crippen LogP contribution in [0.15, 0.2) is 18.3 Å². The molecule has 0 atom stereocenters. The minimum Gasteiger partial charge on any atom is -0.378 e. The fourth-order valence-electron chi connectivity index (χ4n) is 2.75. The highest BCUT2D eigenvalue weighted by molar-refractivity contribution is 5.75. The zero-order valence-electron chi connectivity index (χ0n) is 12.8. The summed E-state index contributed by atoms with van der Waals surface area (Å²) >= 11 is 0. The van der Waals surface area contributed by atoms with Gasteiger partial charge in [-0.05, 0) is 6.07 Å². The molecule has 1 aromatic heterocycles. The number of nitro groups is 1. The summed E-state index contributed by atoms with van der Waals surface area (Å²) in [6.45, 7) is 5.05. The molecule has 2 amide bonds. The van der Waals surface area contributed by atoms with Gasteiger partial charge in [0.25, 0.3) is 5.69 Å². The van der Waals surface area contributed by atoms with Crippen molar-refractivity contribution in [1.82, 2.24) is 14.8 Å². The second kappa shape index (κ2) is 6.78. The lowest BCUT2D eigenvalue weighted by molar-refractivity contribution is -0.385. The Morgan fingerprint density at radius 1 is 1.09 bits per heavy atom. The van der Waals surface area contributed by atoms with Crippen molar-refractivity contribution in [2.45, 2.75) is 0 Å². The number of ether oxygens (including phenoxy) is 1. The molecule has 2 aliphatic heterocycles. The van der Waals surface area contributed by atoms with E-state index in [1.807, 2.05) is 14.7 Å². The Labute approximate surface area is 133 Å². The SMILES string of the molecule is O=C(N1CCOCC1)N1CCN(c2ccc([N+](=O)[O-])cn2)CC1. The highest BCUT2D eigenvalue weighted by atomic mass is 16.6. The smallest absolute Gasteiger partial charge is 0.320 e. The predicted molar refractivity (Wildman–Crippen MR) is 82.5 cm³/mol. The lowest BCUT2D eigenvalue weighted by atomic mass is 10.3. The molecule has 0 bridgehead atoms. The largest absolute Gasteiger partial charge is 0.378 e. The van der Waals surface area contributed by atoms with Crippen molar-refractivity contribution in [2.75, 3.05) is 57.4 Å². The lowest BCUT2D eigenvalue weighted by Crippen LogP contribution is -2.55. The van der Waals surface area contributed by atoms with Gasteiger partial charge in [-0.15, -0.1) is 0 Å². The van der Waals surface area contributed by atoms with Gasteiger partial charge in [-0.3, -0.25) is 10.1 Å². The second-order valence-electron chi connectivity index (χ2n) is 5.49. The van der Waals surface area contributed by atoms with Gasteiger partial charge in [0.1, 0.15) is 12.0 Å². The molecule has 2 fully saturated rings. The summed E-state index contributed by atoms with van der Waals surface area (Å²) in [5.74, 6) is 0.703. The number of rotatable bonds is 2. The summed E-state index contributed by atoms with van der Waals surface area (Å²) in [4.78, 5) is 32.4. The van der Waals surface area contributed by atoms with Gasteiger partial charge in [-0.1, -0.05) is 0 Å². The number of hydrogen-bond donors (Lipinski definition) is 0. The van der Waals surface area contributed by atoms with Gasteiger partial charge >= 0.3 is 6.03 Å². The Morgan fingerprint density at radius 2 is 1.74 bits per heavy atom. The monoisotopic (exact) mass is 321 g/mol. The van der Waals surface area contributed by atoms with Gasteiger partial charge in [-0.25, -0.2) is 9.78 Å². The van der Waals surface area contributed by atoms with E-state index in [2.05, 4.69) is 4.98 Å². The normalized spacial score (nSPS) is 18.9. The molecular weight excluding hydrogens is 302 g/mol. The summed E-state index contributed by atoms with van der Waals surface area (Å²) < 4.78 is 5.26. The van der Waals surface area contributed by atoms with Crippen LogP contribution in [0, 0.1) is 10.1 Å². The number of carbonyl (C=O) groups is 1. The fraction of sp³-hybridized carbons (Fsp3) is 0.571. The zero-order valence-corrected chi connectivity index (χ0v) is 12.8. The fourth-order valence-corrected chi connectivity index (χ4v) is 2.75. The first kappa shape index (κ1) is 15.5. The minimum atomic E-state index is -0.463. The van der Waals surface area contributed by atoms with E-state index in [-0.39, 0.29) is 11.7 Å². The van der Waals surface area contributed by atoms with E-state index in [1.165, 1.54) is 12.3 Å². The van der Waals surface area contributed by atoms with Crippen molar-refractivity contribution in [3.63, 3.8) is 0 Å². The average Bonchev–Trinajstić information content (AvgIpc) is 2.62. The number of morpholine rings is 1. The number of amides is 2. The van der Waals surface area contributed by atoms with Crippen LogP contribution in [0.1, 0.15) is 0 Å². The zero-order chi connectivity index (χ0) is 16.2. The van der Waals surface area contributed by atoms with Crippen LogP contribution in [-0.4, -0.2) is 78.2 Å². The highest BCUT2D eigenvalue weighted by Gasteiger charge is 2.26. The Bertz CT molecular complexity index is 565. The summed E-state index contributed by atoms with van der Waals surface area (Å²) in [6.07, 6.45) is 1.26. The highest BCUT2D eigenvalue weighted by Crippen LogP contribution is 2.18. The van der Waals surface area contributed by atoms with E-state index < -0.39 is 4.92 Å². The van der Waals surface area contributed by atoms with Crippen molar-refractivity contribution < 1.29 is 14.5 Å². The molecule has 0 saturated carbocycles. The molecule has 0 spiro atoms. The first-order chi connectivity index (χ1) is 11.1. The number of piperazine rings is 1. The van der Waals surface area contributed by atoms with Crippen molar-refractivity contribution in [1.29, 1.82) is 0 Å². The first-order valence-corrected chi connectivity index (χ1v) is 7.62. The Balaban J connectivity index is 1.55. The van der Waals surface area contributed by atoms with Crippen LogP contribution in [0.2, 0.25) is 0 Å². The van der Waals surface area contributed by atoms with E-state index in [9.17, 15) is 14.9 Å². The van der Waals surface area contributed by atoms with Crippen LogP contribution in [-0.2, 0) is 4.74 Å². The molecule has 0 N–H and O–H groups in total. The van der Waals surface area contributed by atoms with Crippen molar-refractivity contribution in [2.24, 2.45) is 0 Å². The van der Waals surface area contributed by atoms with Crippen molar-refractivity contribution >= 4 is 17.5 Å². The maximum absolute atomic E-state index is 12.4. The Morgan fingerprint density at radius 3 is 2.30 bits per heavy atom. The van der Waals surface area contributed by atoms with Crippen LogP contribution in [0.5, 0.6) is 0 Å². The summed E-state index contributed by atoms with van der Waals surface area (Å²) in [5, 5.41) is 10.7. The molecule has 0 aromatic carbocycles. The van der Waals surface area contributed by atoms with E-state index in [0.717, 1.165) is 0 Å². The molecular formula is C14H19N5O4. The molecule has 0 radical (unpaired) electrons. The molecule has 3 heterocycles. The van der Waals surface area contributed by atoms with Crippen molar-refractivity contribution in [3.05, 3.63) is 28.4 Å². The molecule has 2 aliphatic rings. The van der Waals surface area contributed by atoms with E-state index >= 15 is 0 Å². The Kier molecular flexibility index (Phi) is 4.56. The molecule has 0 aliphatic carbocycles. The van der Waals surface area contributed by atoms with Gasteiger partial charge in [0.15, 0.2) is 0 Å². The molecule has 9 heteroatoms. The Hall–Kier alpha value is -2.42. The molecule has 9 nitrogen and oxygen atoms in total. The molecule has 1 aromatic rings. The molecule has 0 unspecified atom stereocenters. The average molecular weight is 321 g/mol. The van der Waals surface area contributed by atoms with Gasteiger partial charge in [-0.2, -0.15) is 0 Å². The number of anilines is 1. The number of hydrogen-bond acceptors (Lipinski definition) is 6. The van der Waals surface area contributed by atoms with E-state index in [1.54, 1.807) is 6.07 Å². The third kappa shape index (κ3) is 3.50. The van der Waals surface area contributed by atoms with E-state index in [4.69, 9.17) is 4.74 Å². The van der Waals surface area contributed by atoms with Crippen LogP contribution < -0.4 is 4.90 Å². The van der Waals surface area contributed by atoms with Gasteiger partial charge in [0, 0.05) is 45.3 Å². The summed E-state index contributed by atoms with van der Waals surface area (Å²) in [7, 11) is 0. The quantitative estimate of drug-likeness (QED) is 0.584. The van der Waals surface area contributed by atoms with Crippen LogP contribution in [0.25, 0.3) is 0 Å². The van der Waals surface area contributed by atoms with Gasteiger partial charge in [0.2, 0.25) is 0 Å². The molecule has 124 valence electrons. The summed E-state index contributed by atoms with van der Waals surface area (Å²) in [5.41, 5.74) is -0.0186. The third-order valence-corrected chi connectivity index (χ3v) is 4.10.